The van der Waals surface area contributed by atoms with Crippen LogP contribution < -0.4 is 5.32 Å². The minimum absolute atomic E-state index is 0.00487. The number of hydrogen-bond donors (Lipinski definition) is 1. The first-order valence-corrected chi connectivity index (χ1v) is 8.89. The van der Waals surface area contributed by atoms with E-state index in [0.717, 1.165) is 17.7 Å². The molecule has 27 heavy (non-hydrogen) atoms. The molecule has 1 N–H and O–H groups in total. The number of nitrogens with one attached hydrogen (secondary N) is 1. The third-order valence-electron chi connectivity index (χ3n) is 4.20. The molecule has 0 aliphatic heterocycles. The van der Waals surface area contributed by atoms with Crippen molar-refractivity contribution < 1.29 is 18.0 Å². The molecule has 2 amide bonds. The van der Waals surface area contributed by atoms with Gasteiger partial charge in [-0.2, -0.15) is 13.2 Å². The molecule has 2 rings (SSSR count). The fourth-order valence-corrected chi connectivity index (χ4v) is 2.95. The maximum atomic E-state index is 12.7. The molecule has 0 bridgehead atoms. The molecule has 0 fully saturated rings. The van der Waals surface area contributed by atoms with Crippen molar-refractivity contribution in [2.24, 2.45) is 5.92 Å². The summed E-state index contributed by atoms with van der Waals surface area (Å²) in [6.45, 7) is 4.17. The fourth-order valence-electron chi connectivity index (χ4n) is 2.74. The Morgan fingerprint density at radius 3 is 2.30 bits per heavy atom. The molecular weight excluding hydrogens is 377 g/mol. The maximum absolute atomic E-state index is 12.7. The minimum Gasteiger partial charge on any atom is -0.331 e. The van der Waals surface area contributed by atoms with E-state index in [9.17, 15) is 18.0 Å². The lowest BCUT2D eigenvalue weighted by molar-refractivity contribution is -0.137. The zero-order valence-corrected chi connectivity index (χ0v) is 16.1. The Balaban J connectivity index is 2.09. The summed E-state index contributed by atoms with van der Waals surface area (Å²) in [6.07, 6.45) is -4.38. The van der Waals surface area contributed by atoms with Crippen LogP contribution in [0, 0.1) is 5.92 Å². The monoisotopic (exact) mass is 398 g/mol. The quantitative estimate of drug-likeness (QED) is 0.668. The van der Waals surface area contributed by atoms with Crippen LogP contribution in [0.3, 0.4) is 0 Å². The van der Waals surface area contributed by atoms with Crippen LogP contribution in [0.2, 0.25) is 5.02 Å². The van der Waals surface area contributed by atoms with Crippen molar-refractivity contribution in [3.8, 4) is 0 Å². The molecule has 0 heterocycles. The van der Waals surface area contributed by atoms with Crippen molar-refractivity contribution in [1.82, 2.24) is 10.2 Å². The van der Waals surface area contributed by atoms with Crippen LogP contribution in [-0.2, 0) is 12.7 Å². The number of urea groups is 1. The van der Waals surface area contributed by atoms with E-state index >= 15 is 0 Å². The first-order valence-electron chi connectivity index (χ1n) is 8.51. The number of rotatable bonds is 5. The zero-order chi connectivity index (χ0) is 20.2. The molecule has 0 saturated carbocycles. The van der Waals surface area contributed by atoms with Crippen molar-refractivity contribution >= 4 is 17.6 Å². The summed E-state index contributed by atoms with van der Waals surface area (Å²) in [5.74, 6) is 0.00487. The molecule has 3 nitrogen and oxygen atoms in total. The lowest BCUT2D eigenvalue weighted by atomic mass is 9.95. The van der Waals surface area contributed by atoms with Gasteiger partial charge in [-0.05, 0) is 41.3 Å². The standard InChI is InChI=1S/C20H22ClF3N2O/c1-13(2)18(15-7-9-16(10-8-15)20(22,23)24)25-19(27)26(3)12-14-5-4-6-17(21)11-14/h4-11,13,18H,12H2,1-3H3,(H,25,27). The van der Waals surface area contributed by atoms with Crippen molar-refractivity contribution in [3.63, 3.8) is 0 Å². The second-order valence-electron chi connectivity index (χ2n) is 6.78. The third-order valence-corrected chi connectivity index (χ3v) is 4.43. The first kappa shape index (κ1) is 21.1. The average Bonchev–Trinajstić information content (AvgIpc) is 2.58. The predicted molar refractivity (Wildman–Crippen MR) is 100 cm³/mol. The number of carbonyl (C=O) groups is 1. The van der Waals surface area contributed by atoms with Gasteiger partial charge in [0, 0.05) is 18.6 Å². The summed E-state index contributed by atoms with van der Waals surface area (Å²) in [5.41, 5.74) is 0.802. The van der Waals surface area contributed by atoms with Gasteiger partial charge in [0.05, 0.1) is 11.6 Å². The third kappa shape index (κ3) is 5.89. The highest BCUT2D eigenvalue weighted by Gasteiger charge is 2.30. The van der Waals surface area contributed by atoms with Crippen molar-refractivity contribution in [2.45, 2.75) is 32.6 Å². The molecule has 0 aliphatic carbocycles. The summed E-state index contributed by atoms with van der Waals surface area (Å²) in [6, 6.07) is 11.4. The molecule has 0 aromatic heterocycles. The highest BCUT2D eigenvalue weighted by molar-refractivity contribution is 6.30. The van der Waals surface area contributed by atoms with E-state index in [2.05, 4.69) is 5.32 Å². The highest BCUT2D eigenvalue weighted by Crippen LogP contribution is 2.31. The largest absolute Gasteiger partial charge is 0.416 e. The molecule has 146 valence electrons. The van der Waals surface area contributed by atoms with E-state index in [1.165, 1.54) is 17.0 Å². The number of hydrogen-bond acceptors (Lipinski definition) is 1. The lowest BCUT2D eigenvalue weighted by Gasteiger charge is -2.27. The Kier molecular flexibility index (Phi) is 6.76. The van der Waals surface area contributed by atoms with Crippen molar-refractivity contribution in [3.05, 3.63) is 70.2 Å². The topological polar surface area (TPSA) is 32.3 Å². The molecule has 1 unspecified atom stereocenters. The molecule has 0 spiro atoms. The minimum atomic E-state index is -4.38. The molecule has 2 aromatic carbocycles. The van der Waals surface area contributed by atoms with Gasteiger partial charge in [-0.25, -0.2) is 4.79 Å². The summed E-state index contributed by atoms with van der Waals surface area (Å²) in [4.78, 5) is 14.1. The van der Waals surface area contributed by atoms with Gasteiger partial charge in [0.2, 0.25) is 0 Å². The molecule has 0 aliphatic rings. The van der Waals surface area contributed by atoms with Crippen LogP contribution in [0.25, 0.3) is 0 Å². The Hall–Kier alpha value is -2.21. The van der Waals surface area contributed by atoms with E-state index < -0.39 is 17.8 Å². The fraction of sp³-hybridized carbons (Fsp3) is 0.350. The highest BCUT2D eigenvalue weighted by atomic mass is 35.5. The normalized spacial score (nSPS) is 12.7. The van der Waals surface area contributed by atoms with Gasteiger partial charge in [-0.15, -0.1) is 0 Å². The molecule has 1 atom stereocenters. The average molecular weight is 399 g/mol. The predicted octanol–water partition coefficient (Wildman–Crippen LogP) is 5.90. The number of halogens is 4. The molecule has 0 saturated heterocycles. The van der Waals surface area contributed by atoms with Crippen LogP contribution in [0.4, 0.5) is 18.0 Å². The summed E-state index contributed by atoms with van der Waals surface area (Å²) in [7, 11) is 1.65. The maximum Gasteiger partial charge on any atom is 0.416 e. The number of alkyl halides is 3. The van der Waals surface area contributed by atoms with Gasteiger partial charge in [0.1, 0.15) is 0 Å². The van der Waals surface area contributed by atoms with Gasteiger partial charge in [0.25, 0.3) is 0 Å². The van der Waals surface area contributed by atoms with Gasteiger partial charge in [-0.1, -0.05) is 49.7 Å². The van der Waals surface area contributed by atoms with Gasteiger partial charge < -0.3 is 10.2 Å². The Morgan fingerprint density at radius 2 is 1.78 bits per heavy atom. The molecular formula is C20H22ClF3N2O. The van der Waals surface area contributed by atoms with Crippen LogP contribution >= 0.6 is 11.6 Å². The second kappa shape index (κ2) is 8.65. The molecule has 2 aromatic rings. The van der Waals surface area contributed by atoms with E-state index in [4.69, 9.17) is 11.6 Å². The number of carbonyl (C=O) groups excluding carboxylic acids is 1. The van der Waals surface area contributed by atoms with Gasteiger partial charge in [-0.3, -0.25) is 0 Å². The van der Waals surface area contributed by atoms with Crippen molar-refractivity contribution in [1.29, 1.82) is 0 Å². The van der Waals surface area contributed by atoms with E-state index in [-0.39, 0.29) is 11.9 Å². The van der Waals surface area contributed by atoms with E-state index in [0.29, 0.717) is 17.1 Å². The van der Waals surface area contributed by atoms with Crippen LogP contribution in [0.5, 0.6) is 0 Å². The van der Waals surface area contributed by atoms with Crippen LogP contribution in [0.15, 0.2) is 48.5 Å². The summed E-state index contributed by atoms with van der Waals surface area (Å²) < 4.78 is 38.2. The van der Waals surface area contributed by atoms with E-state index in [1.54, 1.807) is 19.2 Å². The molecule has 7 heteroatoms. The Morgan fingerprint density at radius 1 is 1.15 bits per heavy atom. The Labute approximate surface area is 162 Å². The van der Waals surface area contributed by atoms with E-state index in [1.807, 2.05) is 26.0 Å². The van der Waals surface area contributed by atoms with Crippen molar-refractivity contribution in [2.75, 3.05) is 7.05 Å². The summed E-state index contributed by atoms with van der Waals surface area (Å²) in [5, 5.41) is 3.49. The number of benzene rings is 2. The first-order chi connectivity index (χ1) is 12.6. The molecule has 0 radical (unpaired) electrons. The van der Waals surface area contributed by atoms with Gasteiger partial charge >= 0.3 is 12.2 Å². The number of nitrogens with zero attached hydrogens (tertiary/aromatic N) is 1. The van der Waals surface area contributed by atoms with Crippen LogP contribution in [-0.4, -0.2) is 18.0 Å². The lowest BCUT2D eigenvalue weighted by Crippen LogP contribution is -2.40. The summed E-state index contributed by atoms with van der Waals surface area (Å²) >= 11 is 5.96. The zero-order valence-electron chi connectivity index (χ0n) is 15.3. The van der Waals surface area contributed by atoms with Gasteiger partial charge in [0.15, 0.2) is 0 Å². The number of amides is 2. The second-order valence-corrected chi connectivity index (χ2v) is 7.21. The van der Waals surface area contributed by atoms with Crippen LogP contribution in [0.1, 0.15) is 36.6 Å². The SMILES string of the molecule is CC(C)C(NC(=O)N(C)Cc1cccc(Cl)c1)c1ccc(C(F)(F)F)cc1. The Bertz CT molecular complexity index is 776. The smallest absolute Gasteiger partial charge is 0.331 e.